The third-order valence-electron chi connectivity index (χ3n) is 1.86. The molecule has 100 valence electrons. The van der Waals surface area contributed by atoms with Crippen molar-refractivity contribution in [2.24, 2.45) is 0 Å². The van der Waals surface area contributed by atoms with Gasteiger partial charge in [-0.2, -0.15) is 0 Å². The number of carbonyl (C=O) groups is 1. The number of carboxylic acids is 1. The Morgan fingerprint density at radius 1 is 1.56 bits per heavy atom. The lowest BCUT2D eigenvalue weighted by atomic mass is 10.2. The van der Waals surface area contributed by atoms with E-state index < -0.39 is 37.3 Å². The predicted octanol–water partition coefficient (Wildman–Crippen LogP) is 1.41. The lowest BCUT2D eigenvalue weighted by molar-refractivity contribution is 0.0696. The monoisotopic (exact) mass is 297 g/mol. The van der Waals surface area contributed by atoms with Crippen LogP contribution >= 0.6 is 11.6 Å². The Morgan fingerprint density at radius 2 is 2.17 bits per heavy atom. The minimum absolute atomic E-state index is 0.0566. The predicted molar refractivity (Wildman–Crippen MR) is 60.3 cm³/mol. The zero-order chi connectivity index (χ0) is 13.9. The average Bonchev–Trinajstić information content (AvgIpc) is 2.29. The molecule has 6 nitrogen and oxygen atoms in total. The largest absolute Gasteiger partial charge is 0.478 e. The molecule has 1 aromatic carbocycles. The van der Waals surface area contributed by atoms with E-state index in [-0.39, 0.29) is 6.61 Å². The summed E-state index contributed by atoms with van der Waals surface area (Å²) in [6.07, 6.45) is 0. The lowest BCUT2D eigenvalue weighted by Gasteiger charge is -2.08. The summed E-state index contributed by atoms with van der Waals surface area (Å²) in [4.78, 5) is 16.4. The highest BCUT2D eigenvalue weighted by atomic mass is 35.5. The summed E-state index contributed by atoms with van der Waals surface area (Å²) in [6, 6.07) is 1.35. The van der Waals surface area contributed by atoms with Gasteiger partial charge in [0.2, 0.25) is 0 Å². The number of aromatic carboxylic acids is 1. The van der Waals surface area contributed by atoms with Gasteiger partial charge < -0.3 is 5.11 Å². The van der Waals surface area contributed by atoms with Crippen LogP contribution in [0.5, 0.6) is 0 Å². The molecule has 0 aromatic heterocycles. The van der Waals surface area contributed by atoms with Gasteiger partial charge in [-0.25, -0.2) is 17.6 Å². The van der Waals surface area contributed by atoms with Crippen molar-refractivity contribution in [3.8, 4) is 0 Å². The third-order valence-corrected chi connectivity index (χ3v) is 3.43. The number of halogens is 2. The molecule has 0 fully saturated rings. The summed E-state index contributed by atoms with van der Waals surface area (Å²) >= 11 is 5.41. The van der Waals surface area contributed by atoms with Gasteiger partial charge in [0.25, 0.3) is 10.0 Å². The summed E-state index contributed by atoms with van der Waals surface area (Å²) in [6.45, 7) is 1.59. The molecule has 0 aliphatic rings. The Balaban J connectivity index is 3.31. The highest BCUT2D eigenvalue weighted by Gasteiger charge is 2.21. The first kappa shape index (κ1) is 14.8. The van der Waals surface area contributed by atoms with Crippen LogP contribution in [0, 0.1) is 5.82 Å². The molecule has 0 bridgehead atoms. The molecule has 0 saturated heterocycles. The molecular weight excluding hydrogens is 289 g/mol. The minimum atomic E-state index is -4.15. The Hall–Kier alpha value is -1.22. The van der Waals surface area contributed by atoms with Crippen molar-refractivity contribution in [1.29, 1.82) is 0 Å². The quantitative estimate of drug-likeness (QED) is 0.802. The molecule has 0 saturated carbocycles. The van der Waals surface area contributed by atoms with Crippen molar-refractivity contribution >= 4 is 27.6 Å². The maximum absolute atomic E-state index is 13.3. The minimum Gasteiger partial charge on any atom is -0.478 e. The Labute approximate surface area is 107 Å². The smallest absolute Gasteiger partial charge is 0.337 e. The molecule has 9 heteroatoms. The SMILES string of the molecule is CCONS(=O)(=O)c1cc(F)c(Cl)c(C(=O)O)c1. The first-order valence-electron chi connectivity index (χ1n) is 4.65. The topological polar surface area (TPSA) is 92.7 Å². The van der Waals surface area contributed by atoms with Gasteiger partial charge in [-0.3, -0.25) is 4.84 Å². The van der Waals surface area contributed by atoms with E-state index in [1.165, 1.54) is 6.92 Å². The van der Waals surface area contributed by atoms with Crippen LogP contribution in [0.4, 0.5) is 4.39 Å². The van der Waals surface area contributed by atoms with Crippen molar-refractivity contribution in [3.05, 3.63) is 28.5 Å². The number of nitrogens with one attached hydrogen (secondary N) is 1. The van der Waals surface area contributed by atoms with E-state index in [1.54, 1.807) is 4.89 Å². The molecular formula is C9H9ClFNO5S. The van der Waals surface area contributed by atoms with E-state index in [9.17, 15) is 17.6 Å². The highest BCUT2D eigenvalue weighted by Crippen LogP contribution is 2.24. The third kappa shape index (κ3) is 3.16. The fraction of sp³-hybridized carbons (Fsp3) is 0.222. The van der Waals surface area contributed by atoms with Crippen molar-refractivity contribution in [2.75, 3.05) is 6.61 Å². The van der Waals surface area contributed by atoms with E-state index in [0.717, 1.165) is 6.07 Å². The van der Waals surface area contributed by atoms with Gasteiger partial charge in [0.15, 0.2) is 0 Å². The van der Waals surface area contributed by atoms with Crippen molar-refractivity contribution < 1.29 is 27.5 Å². The molecule has 1 rings (SSSR count). The molecule has 0 heterocycles. The molecule has 0 spiro atoms. The molecule has 1 aromatic rings. The summed E-state index contributed by atoms with van der Waals surface area (Å²) in [7, 11) is -4.15. The van der Waals surface area contributed by atoms with E-state index >= 15 is 0 Å². The lowest BCUT2D eigenvalue weighted by Crippen LogP contribution is -2.24. The fourth-order valence-electron chi connectivity index (χ4n) is 1.06. The van der Waals surface area contributed by atoms with Crippen molar-refractivity contribution in [2.45, 2.75) is 11.8 Å². The molecule has 2 N–H and O–H groups in total. The maximum atomic E-state index is 13.3. The zero-order valence-electron chi connectivity index (χ0n) is 9.11. The summed E-state index contributed by atoms with van der Waals surface area (Å²) in [5.74, 6) is -2.68. The Kier molecular flexibility index (Phi) is 4.63. The van der Waals surface area contributed by atoms with Gasteiger partial charge in [-0.1, -0.05) is 16.5 Å². The fourth-order valence-corrected chi connectivity index (χ4v) is 2.15. The molecule has 0 amide bonds. The normalized spacial score (nSPS) is 11.5. The summed E-state index contributed by atoms with van der Waals surface area (Å²) in [5, 5.41) is 8.10. The van der Waals surface area contributed by atoms with E-state index in [0.29, 0.717) is 6.07 Å². The van der Waals surface area contributed by atoms with Crippen LogP contribution in [0.15, 0.2) is 17.0 Å². The van der Waals surface area contributed by atoms with Crippen LogP contribution < -0.4 is 4.89 Å². The second-order valence-electron chi connectivity index (χ2n) is 3.09. The van der Waals surface area contributed by atoms with Crippen LogP contribution in [0.25, 0.3) is 0 Å². The molecule has 0 unspecified atom stereocenters. The van der Waals surface area contributed by atoms with Crippen LogP contribution in [0.2, 0.25) is 5.02 Å². The van der Waals surface area contributed by atoms with E-state index in [1.807, 2.05) is 0 Å². The molecule has 18 heavy (non-hydrogen) atoms. The molecule has 0 aliphatic heterocycles. The van der Waals surface area contributed by atoms with Crippen LogP contribution in [0.1, 0.15) is 17.3 Å². The number of sulfonamides is 1. The first-order valence-corrected chi connectivity index (χ1v) is 6.51. The van der Waals surface area contributed by atoms with Crippen LogP contribution in [-0.4, -0.2) is 26.1 Å². The van der Waals surface area contributed by atoms with Gasteiger partial charge in [-0.05, 0) is 19.1 Å². The van der Waals surface area contributed by atoms with Crippen LogP contribution in [0.3, 0.4) is 0 Å². The van der Waals surface area contributed by atoms with E-state index in [4.69, 9.17) is 16.7 Å². The van der Waals surface area contributed by atoms with E-state index in [2.05, 4.69) is 4.84 Å². The number of hydrogen-bond acceptors (Lipinski definition) is 4. The molecule has 0 atom stereocenters. The second-order valence-corrected chi connectivity index (χ2v) is 5.11. The van der Waals surface area contributed by atoms with Gasteiger partial charge in [0, 0.05) is 0 Å². The zero-order valence-corrected chi connectivity index (χ0v) is 10.7. The second kappa shape index (κ2) is 5.61. The van der Waals surface area contributed by atoms with Crippen molar-refractivity contribution in [1.82, 2.24) is 4.89 Å². The summed E-state index contributed by atoms with van der Waals surface area (Å²) in [5.41, 5.74) is -0.645. The number of carboxylic acid groups (broad SMARTS) is 1. The Bertz CT molecular complexity index is 575. The Morgan fingerprint density at radius 3 is 2.67 bits per heavy atom. The highest BCUT2D eigenvalue weighted by molar-refractivity contribution is 7.89. The molecule has 0 aliphatic carbocycles. The number of hydrogen-bond donors (Lipinski definition) is 2. The van der Waals surface area contributed by atoms with Gasteiger partial charge >= 0.3 is 5.97 Å². The van der Waals surface area contributed by atoms with Crippen molar-refractivity contribution in [3.63, 3.8) is 0 Å². The number of benzene rings is 1. The average molecular weight is 298 g/mol. The molecule has 0 radical (unpaired) electrons. The standard InChI is InChI=1S/C9H9ClFNO5S/c1-2-17-12-18(15,16)5-3-6(9(13)14)8(10)7(11)4-5/h3-4,12H,2H2,1H3,(H,13,14). The van der Waals surface area contributed by atoms with Gasteiger partial charge in [-0.15, -0.1) is 0 Å². The van der Waals surface area contributed by atoms with Crippen LogP contribution in [-0.2, 0) is 14.9 Å². The maximum Gasteiger partial charge on any atom is 0.337 e. The van der Waals surface area contributed by atoms with Gasteiger partial charge in [0.1, 0.15) is 5.82 Å². The van der Waals surface area contributed by atoms with Gasteiger partial charge in [0.05, 0.1) is 22.1 Å². The number of rotatable bonds is 5. The summed E-state index contributed by atoms with van der Waals surface area (Å²) < 4.78 is 36.5. The first-order chi connectivity index (χ1) is 8.29.